The smallest absolute Gasteiger partial charge is 0.228 e. The normalized spacial score (nSPS) is 10.1. The zero-order valence-electron chi connectivity index (χ0n) is 11.6. The molecule has 0 spiro atoms. The van der Waals surface area contributed by atoms with Crippen molar-refractivity contribution >= 4 is 17.3 Å². The quantitative estimate of drug-likeness (QED) is 0.840. The number of nitrogens with one attached hydrogen (secondary N) is 1. The fourth-order valence-corrected chi connectivity index (χ4v) is 2.02. The van der Waals surface area contributed by atoms with Gasteiger partial charge in [0, 0.05) is 5.69 Å². The van der Waals surface area contributed by atoms with Gasteiger partial charge in [0.1, 0.15) is 5.75 Å². The van der Waals surface area contributed by atoms with Crippen LogP contribution in [0.3, 0.4) is 0 Å². The number of methoxy groups -OCH3 is 1. The van der Waals surface area contributed by atoms with Gasteiger partial charge in [0.25, 0.3) is 0 Å². The number of aryl methyl sites for hydroxylation is 1. The molecule has 0 atom stereocenters. The highest BCUT2D eigenvalue weighted by molar-refractivity contribution is 5.92. The minimum atomic E-state index is -0.0693. The van der Waals surface area contributed by atoms with Crippen molar-refractivity contribution in [2.75, 3.05) is 18.2 Å². The molecule has 2 aromatic rings. The van der Waals surface area contributed by atoms with Crippen LogP contribution in [0.25, 0.3) is 0 Å². The molecule has 0 aliphatic heterocycles. The lowest BCUT2D eigenvalue weighted by atomic mass is 10.1. The van der Waals surface area contributed by atoms with Crippen LogP contribution in [-0.2, 0) is 11.2 Å². The Morgan fingerprint density at radius 2 is 2.05 bits per heavy atom. The molecule has 0 saturated heterocycles. The number of carbonyl (C=O) groups is 1. The van der Waals surface area contributed by atoms with Crippen LogP contribution in [0.4, 0.5) is 11.4 Å². The molecule has 0 radical (unpaired) electrons. The summed E-state index contributed by atoms with van der Waals surface area (Å²) < 4.78 is 5.08. The highest BCUT2D eigenvalue weighted by Crippen LogP contribution is 2.24. The van der Waals surface area contributed by atoms with Crippen molar-refractivity contribution < 1.29 is 9.53 Å². The fourth-order valence-electron chi connectivity index (χ4n) is 2.02. The molecule has 0 saturated carbocycles. The number of carbonyl (C=O) groups excluding carboxylic acids is 1. The average molecular weight is 270 g/mol. The van der Waals surface area contributed by atoms with E-state index in [1.54, 1.807) is 25.3 Å². The first-order valence-corrected chi connectivity index (χ1v) is 6.37. The van der Waals surface area contributed by atoms with E-state index in [0.29, 0.717) is 23.5 Å². The van der Waals surface area contributed by atoms with Crippen LogP contribution in [0.15, 0.2) is 42.5 Å². The molecule has 1 amide bonds. The van der Waals surface area contributed by atoms with Gasteiger partial charge in [0.05, 0.1) is 19.2 Å². The van der Waals surface area contributed by atoms with E-state index < -0.39 is 0 Å². The van der Waals surface area contributed by atoms with Gasteiger partial charge in [-0.1, -0.05) is 29.8 Å². The van der Waals surface area contributed by atoms with Crippen molar-refractivity contribution in [1.82, 2.24) is 0 Å². The van der Waals surface area contributed by atoms with Crippen molar-refractivity contribution in [2.45, 2.75) is 13.3 Å². The van der Waals surface area contributed by atoms with E-state index in [1.807, 2.05) is 31.2 Å². The predicted molar refractivity (Wildman–Crippen MR) is 80.9 cm³/mol. The second-order valence-electron chi connectivity index (χ2n) is 4.67. The molecule has 0 heterocycles. The van der Waals surface area contributed by atoms with Gasteiger partial charge in [0.15, 0.2) is 0 Å². The lowest BCUT2D eigenvalue weighted by Crippen LogP contribution is -2.14. The summed E-state index contributed by atoms with van der Waals surface area (Å²) in [4.78, 5) is 12.0. The van der Waals surface area contributed by atoms with Crippen LogP contribution in [0.5, 0.6) is 5.75 Å². The third kappa shape index (κ3) is 3.51. The molecule has 0 aliphatic rings. The molecule has 2 rings (SSSR count). The molecule has 4 nitrogen and oxygen atoms in total. The van der Waals surface area contributed by atoms with Gasteiger partial charge in [-0.3, -0.25) is 4.79 Å². The van der Waals surface area contributed by atoms with E-state index >= 15 is 0 Å². The molecule has 0 aromatic heterocycles. The standard InChI is InChI=1S/C16H18N2O2/c1-11-4-3-5-12(8-11)9-16(19)18-13-6-7-15(20-2)14(17)10-13/h3-8,10H,9,17H2,1-2H3,(H,18,19). The van der Waals surface area contributed by atoms with Gasteiger partial charge in [-0.25, -0.2) is 0 Å². The largest absolute Gasteiger partial charge is 0.495 e. The maximum Gasteiger partial charge on any atom is 0.228 e. The Balaban J connectivity index is 2.03. The second kappa shape index (κ2) is 6.10. The Morgan fingerprint density at radius 3 is 2.70 bits per heavy atom. The number of rotatable bonds is 4. The summed E-state index contributed by atoms with van der Waals surface area (Å²) in [5.41, 5.74) is 9.10. The average Bonchev–Trinajstić information content (AvgIpc) is 2.38. The number of hydrogen-bond donors (Lipinski definition) is 2. The summed E-state index contributed by atoms with van der Waals surface area (Å²) in [6.45, 7) is 2.01. The van der Waals surface area contributed by atoms with E-state index in [-0.39, 0.29) is 5.91 Å². The molecule has 0 fully saturated rings. The van der Waals surface area contributed by atoms with E-state index in [9.17, 15) is 4.79 Å². The third-order valence-corrected chi connectivity index (χ3v) is 2.96. The molecule has 20 heavy (non-hydrogen) atoms. The van der Waals surface area contributed by atoms with Gasteiger partial charge in [-0.05, 0) is 30.7 Å². The van der Waals surface area contributed by atoms with Gasteiger partial charge < -0.3 is 15.8 Å². The Morgan fingerprint density at radius 1 is 1.25 bits per heavy atom. The Labute approximate surface area is 118 Å². The summed E-state index contributed by atoms with van der Waals surface area (Å²) in [7, 11) is 1.56. The summed E-state index contributed by atoms with van der Waals surface area (Å²) in [6, 6.07) is 13.1. The maximum absolute atomic E-state index is 12.0. The monoisotopic (exact) mass is 270 g/mol. The zero-order chi connectivity index (χ0) is 14.5. The zero-order valence-corrected chi connectivity index (χ0v) is 11.6. The minimum Gasteiger partial charge on any atom is -0.495 e. The number of ether oxygens (including phenoxy) is 1. The summed E-state index contributed by atoms with van der Waals surface area (Å²) in [6.07, 6.45) is 0.341. The SMILES string of the molecule is COc1ccc(NC(=O)Cc2cccc(C)c2)cc1N. The van der Waals surface area contributed by atoms with Crippen molar-refractivity contribution in [2.24, 2.45) is 0 Å². The van der Waals surface area contributed by atoms with Crippen molar-refractivity contribution in [3.8, 4) is 5.75 Å². The molecule has 0 aliphatic carbocycles. The van der Waals surface area contributed by atoms with Crippen LogP contribution in [0.2, 0.25) is 0 Å². The number of nitrogens with two attached hydrogens (primary N) is 1. The second-order valence-corrected chi connectivity index (χ2v) is 4.67. The lowest BCUT2D eigenvalue weighted by molar-refractivity contribution is -0.115. The summed E-state index contributed by atoms with van der Waals surface area (Å²) >= 11 is 0. The number of hydrogen-bond acceptors (Lipinski definition) is 3. The topological polar surface area (TPSA) is 64.3 Å². The van der Waals surface area contributed by atoms with Crippen LogP contribution in [-0.4, -0.2) is 13.0 Å². The van der Waals surface area contributed by atoms with Gasteiger partial charge in [-0.2, -0.15) is 0 Å². The summed E-state index contributed by atoms with van der Waals surface area (Å²) in [5, 5.41) is 2.83. The highest BCUT2D eigenvalue weighted by atomic mass is 16.5. The van der Waals surface area contributed by atoms with Crippen molar-refractivity contribution in [3.05, 3.63) is 53.6 Å². The lowest BCUT2D eigenvalue weighted by Gasteiger charge is -2.09. The van der Waals surface area contributed by atoms with E-state index in [2.05, 4.69) is 5.32 Å². The Hall–Kier alpha value is -2.49. The molecular weight excluding hydrogens is 252 g/mol. The number of amides is 1. The number of nitrogen functional groups attached to an aromatic ring is 1. The molecule has 104 valence electrons. The highest BCUT2D eigenvalue weighted by Gasteiger charge is 2.06. The Bertz CT molecular complexity index is 624. The fraction of sp³-hybridized carbons (Fsp3) is 0.188. The molecule has 0 unspecified atom stereocenters. The number of benzene rings is 2. The van der Waals surface area contributed by atoms with E-state index in [0.717, 1.165) is 11.1 Å². The van der Waals surface area contributed by atoms with Gasteiger partial charge >= 0.3 is 0 Å². The minimum absolute atomic E-state index is 0.0693. The van der Waals surface area contributed by atoms with Crippen molar-refractivity contribution in [3.63, 3.8) is 0 Å². The van der Waals surface area contributed by atoms with E-state index in [4.69, 9.17) is 10.5 Å². The van der Waals surface area contributed by atoms with Gasteiger partial charge in [0.2, 0.25) is 5.91 Å². The van der Waals surface area contributed by atoms with Crippen LogP contribution in [0.1, 0.15) is 11.1 Å². The van der Waals surface area contributed by atoms with E-state index in [1.165, 1.54) is 0 Å². The first-order chi connectivity index (χ1) is 9.58. The van der Waals surface area contributed by atoms with Gasteiger partial charge in [-0.15, -0.1) is 0 Å². The predicted octanol–water partition coefficient (Wildman–Crippen LogP) is 2.77. The molecule has 2 aromatic carbocycles. The molecule has 4 heteroatoms. The van der Waals surface area contributed by atoms with Crippen LogP contribution in [0, 0.1) is 6.92 Å². The number of anilines is 2. The summed E-state index contributed by atoms with van der Waals surface area (Å²) in [5.74, 6) is 0.529. The van der Waals surface area contributed by atoms with Crippen LogP contribution < -0.4 is 15.8 Å². The van der Waals surface area contributed by atoms with Crippen molar-refractivity contribution in [1.29, 1.82) is 0 Å². The first-order valence-electron chi connectivity index (χ1n) is 6.37. The molecule has 0 bridgehead atoms. The van der Waals surface area contributed by atoms with Crippen LogP contribution >= 0.6 is 0 Å². The third-order valence-electron chi connectivity index (χ3n) is 2.96. The Kier molecular flexibility index (Phi) is 4.25. The maximum atomic E-state index is 12.0. The first kappa shape index (κ1) is 13.9. The molecule has 3 N–H and O–H groups in total. The molecular formula is C16H18N2O2.